The van der Waals surface area contributed by atoms with E-state index in [1.54, 1.807) is 18.2 Å². The Labute approximate surface area is 201 Å². The van der Waals surface area contributed by atoms with Gasteiger partial charge in [-0.3, -0.25) is 14.9 Å². The number of nitrogens with one attached hydrogen (secondary N) is 2. The van der Waals surface area contributed by atoms with Gasteiger partial charge < -0.3 is 18.9 Å². The molecule has 0 unspecified atom stereocenters. The number of furan rings is 1. The second kappa shape index (κ2) is 8.06. The van der Waals surface area contributed by atoms with Gasteiger partial charge in [-0.1, -0.05) is 6.07 Å². The highest BCUT2D eigenvalue weighted by atomic mass is 32.2. The molecule has 0 saturated carbocycles. The largest absolute Gasteiger partial charge is 0.454 e. The number of H-pyrrole nitrogens is 1. The maximum atomic E-state index is 13.1. The number of imidazole rings is 1. The summed E-state index contributed by atoms with van der Waals surface area (Å²) < 4.78 is 16.4. The van der Waals surface area contributed by atoms with Gasteiger partial charge in [-0.15, -0.1) is 0 Å². The van der Waals surface area contributed by atoms with Crippen molar-refractivity contribution in [2.75, 3.05) is 11.7 Å². The van der Waals surface area contributed by atoms with Gasteiger partial charge in [0.2, 0.25) is 6.79 Å². The van der Waals surface area contributed by atoms with E-state index in [0.29, 0.717) is 21.7 Å². The lowest BCUT2D eigenvalue weighted by Gasteiger charge is -2.26. The number of aromatic amines is 1. The Morgan fingerprint density at radius 1 is 1.03 bits per heavy atom. The first-order chi connectivity index (χ1) is 16.9. The van der Waals surface area contributed by atoms with Gasteiger partial charge in [0, 0.05) is 6.07 Å². The van der Waals surface area contributed by atoms with E-state index in [1.165, 1.54) is 30.0 Å². The van der Waals surface area contributed by atoms with Crippen LogP contribution < -0.4 is 19.7 Å². The third-order valence-corrected chi connectivity index (χ3v) is 6.22. The van der Waals surface area contributed by atoms with Gasteiger partial charge in [0.1, 0.15) is 11.3 Å². The molecule has 4 amide bonds. The summed E-state index contributed by atoms with van der Waals surface area (Å²) in [6.45, 7) is 2.05. The summed E-state index contributed by atoms with van der Waals surface area (Å²) in [4.78, 5) is 46.6. The highest BCUT2D eigenvalue weighted by Gasteiger charge is 2.37. The van der Waals surface area contributed by atoms with Crippen LogP contribution in [-0.4, -0.2) is 34.6 Å². The number of nitrogens with zero attached hydrogens (tertiary/aromatic N) is 2. The van der Waals surface area contributed by atoms with E-state index in [2.05, 4.69) is 15.3 Å². The number of fused-ring (bicyclic) bond motifs is 2. The van der Waals surface area contributed by atoms with Gasteiger partial charge in [0.05, 0.1) is 16.7 Å². The van der Waals surface area contributed by atoms with Gasteiger partial charge in [-0.25, -0.2) is 14.7 Å². The van der Waals surface area contributed by atoms with Crippen molar-refractivity contribution in [2.24, 2.45) is 0 Å². The second-order valence-corrected chi connectivity index (χ2v) is 8.81. The van der Waals surface area contributed by atoms with Crippen molar-refractivity contribution in [2.45, 2.75) is 17.2 Å². The van der Waals surface area contributed by atoms with E-state index >= 15 is 0 Å². The van der Waals surface area contributed by atoms with E-state index in [0.717, 1.165) is 21.5 Å². The first kappa shape index (κ1) is 21.1. The molecule has 2 N–H and O–H groups in total. The minimum Gasteiger partial charge on any atom is -0.454 e. The fourth-order valence-corrected chi connectivity index (χ4v) is 4.54. The lowest BCUT2D eigenvalue weighted by molar-refractivity contribution is -0.122. The number of barbiturate groups is 1. The number of hydrogen-bond donors (Lipinski definition) is 2. The van der Waals surface area contributed by atoms with Crippen LogP contribution in [0.15, 0.2) is 68.8 Å². The number of imide groups is 2. The number of carbonyl (C=O) groups is 3. The SMILES string of the molecule is Cc1ccc2nc(Sc3ccc(/C=C4\C(=O)NC(=O)N(c5ccc6c(c5)OCO6)C4=O)o3)[nH]c2c1. The van der Waals surface area contributed by atoms with Crippen molar-refractivity contribution >= 4 is 52.4 Å². The molecule has 11 heteroatoms. The molecule has 4 heterocycles. The number of aromatic nitrogens is 2. The van der Waals surface area contributed by atoms with E-state index in [4.69, 9.17) is 13.9 Å². The van der Waals surface area contributed by atoms with Gasteiger partial charge >= 0.3 is 6.03 Å². The van der Waals surface area contributed by atoms with Gasteiger partial charge in [0.15, 0.2) is 21.7 Å². The van der Waals surface area contributed by atoms with E-state index in [-0.39, 0.29) is 23.8 Å². The second-order valence-electron chi connectivity index (χ2n) is 7.82. The molecule has 0 spiro atoms. The fourth-order valence-electron chi connectivity index (χ4n) is 3.77. The van der Waals surface area contributed by atoms with Crippen LogP contribution in [0.5, 0.6) is 11.5 Å². The van der Waals surface area contributed by atoms with E-state index < -0.39 is 17.8 Å². The molecule has 35 heavy (non-hydrogen) atoms. The summed E-state index contributed by atoms with van der Waals surface area (Å²) in [6.07, 6.45) is 1.30. The quantitative estimate of drug-likeness (QED) is 0.326. The van der Waals surface area contributed by atoms with E-state index in [1.807, 2.05) is 25.1 Å². The predicted molar refractivity (Wildman–Crippen MR) is 125 cm³/mol. The zero-order valence-corrected chi connectivity index (χ0v) is 19.0. The zero-order chi connectivity index (χ0) is 24.1. The van der Waals surface area contributed by atoms with Crippen molar-refractivity contribution in [1.29, 1.82) is 0 Å². The lowest BCUT2D eigenvalue weighted by Crippen LogP contribution is -2.54. The normalized spacial score (nSPS) is 16.4. The van der Waals surface area contributed by atoms with Gasteiger partial charge in [-0.2, -0.15) is 0 Å². The van der Waals surface area contributed by atoms with Crippen molar-refractivity contribution in [3.8, 4) is 11.5 Å². The molecule has 1 saturated heterocycles. The minimum absolute atomic E-state index is 0.0507. The summed E-state index contributed by atoms with van der Waals surface area (Å²) in [5, 5.41) is 3.34. The molecular formula is C24H16N4O6S. The molecule has 4 aromatic rings. The van der Waals surface area contributed by atoms with Crippen LogP contribution in [0.25, 0.3) is 17.1 Å². The summed E-state index contributed by atoms with van der Waals surface area (Å²) >= 11 is 1.27. The van der Waals surface area contributed by atoms with Gasteiger partial charge in [-0.05, 0) is 66.7 Å². The summed E-state index contributed by atoms with van der Waals surface area (Å²) in [7, 11) is 0. The molecule has 0 bridgehead atoms. The number of benzene rings is 2. The predicted octanol–water partition coefficient (Wildman–Crippen LogP) is 4.01. The minimum atomic E-state index is -0.855. The number of ether oxygens (including phenoxy) is 2. The first-order valence-corrected chi connectivity index (χ1v) is 11.3. The molecular weight excluding hydrogens is 472 g/mol. The number of hydrogen-bond acceptors (Lipinski definition) is 8. The molecule has 1 fully saturated rings. The van der Waals surface area contributed by atoms with Crippen LogP contribution in [0.3, 0.4) is 0 Å². The van der Waals surface area contributed by atoms with Gasteiger partial charge in [0.25, 0.3) is 11.8 Å². The molecule has 2 aromatic heterocycles. The Morgan fingerprint density at radius 3 is 2.77 bits per heavy atom. The van der Waals surface area contributed by atoms with Crippen LogP contribution in [0.2, 0.25) is 0 Å². The molecule has 0 radical (unpaired) electrons. The molecule has 0 atom stereocenters. The molecule has 174 valence electrons. The molecule has 2 aliphatic rings. The van der Waals surface area contributed by atoms with Crippen molar-refractivity contribution in [3.05, 3.63) is 65.4 Å². The number of amides is 4. The maximum absolute atomic E-state index is 13.1. The van der Waals surface area contributed by atoms with Crippen LogP contribution in [0, 0.1) is 6.92 Å². The molecule has 0 aliphatic carbocycles. The van der Waals surface area contributed by atoms with Crippen LogP contribution >= 0.6 is 11.8 Å². The summed E-state index contributed by atoms with van der Waals surface area (Å²) in [5.74, 6) is -0.409. The van der Waals surface area contributed by atoms with Crippen LogP contribution in [0.4, 0.5) is 10.5 Å². The number of rotatable bonds is 4. The Balaban J connectivity index is 1.26. The zero-order valence-electron chi connectivity index (χ0n) is 18.2. The Hall–Kier alpha value is -4.51. The first-order valence-electron chi connectivity index (χ1n) is 10.5. The number of anilines is 1. The topological polar surface area (TPSA) is 127 Å². The smallest absolute Gasteiger partial charge is 0.335 e. The molecule has 10 nitrogen and oxygen atoms in total. The maximum Gasteiger partial charge on any atom is 0.335 e. The third-order valence-electron chi connectivity index (χ3n) is 5.42. The number of carbonyl (C=O) groups excluding carboxylic acids is 3. The molecule has 6 rings (SSSR count). The van der Waals surface area contributed by atoms with Crippen LogP contribution in [-0.2, 0) is 9.59 Å². The Bertz CT molecular complexity index is 1570. The Morgan fingerprint density at radius 2 is 1.89 bits per heavy atom. The molecule has 2 aromatic carbocycles. The highest BCUT2D eigenvalue weighted by molar-refractivity contribution is 7.99. The third kappa shape index (κ3) is 3.81. The summed E-state index contributed by atoms with van der Waals surface area (Å²) in [5.41, 5.74) is 2.87. The standard InChI is InChI=1S/C24H16N4O6S/c1-12-2-5-16-17(8-12)26-23(25-16)35-20-7-4-14(34-20)10-15-21(29)27-24(31)28(22(15)30)13-3-6-18-19(9-13)33-11-32-18/h2-10H,11H2,1H3,(H,25,26)(H,27,29,31)/b15-10+. The fraction of sp³-hybridized carbons (Fsp3) is 0.0833. The van der Waals surface area contributed by atoms with Crippen molar-refractivity contribution < 1.29 is 28.3 Å². The van der Waals surface area contributed by atoms with Crippen LogP contribution in [0.1, 0.15) is 11.3 Å². The Kier molecular flexibility index (Phi) is 4.85. The monoisotopic (exact) mass is 488 g/mol. The highest BCUT2D eigenvalue weighted by Crippen LogP contribution is 2.36. The lowest BCUT2D eigenvalue weighted by atomic mass is 10.1. The summed E-state index contributed by atoms with van der Waals surface area (Å²) in [6, 6.07) is 13.0. The number of aryl methyl sites for hydroxylation is 1. The van der Waals surface area contributed by atoms with Crippen molar-refractivity contribution in [1.82, 2.24) is 15.3 Å². The van der Waals surface area contributed by atoms with E-state index in [9.17, 15) is 14.4 Å². The molecule has 2 aliphatic heterocycles. The average molecular weight is 488 g/mol. The van der Waals surface area contributed by atoms with Crippen molar-refractivity contribution in [3.63, 3.8) is 0 Å². The number of urea groups is 1. The average Bonchev–Trinajstić information content (AvgIpc) is 3.55.